The highest BCUT2D eigenvalue weighted by molar-refractivity contribution is 14.1. The molecule has 0 aromatic heterocycles. The summed E-state index contributed by atoms with van der Waals surface area (Å²) in [4.78, 5) is 0. The van der Waals surface area contributed by atoms with Gasteiger partial charge in [0.25, 0.3) is 0 Å². The van der Waals surface area contributed by atoms with Gasteiger partial charge in [-0.15, -0.1) is 0 Å². The van der Waals surface area contributed by atoms with Gasteiger partial charge in [-0.25, -0.2) is 0 Å². The van der Waals surface area contributed by atoms with Gasteiger partial charge in [-0.1, -0.05) is 71.1 Å². The molecule has 2 aliphatic rings. The first-order valence-corrected chi connectivity index (χ1v) is 15.3. The van der Waals surface area contributed by atoms with E-state index >= 15 is 0 Å². The number of benzene rings is 3. The van der Waals surface area contributed by atoms with Crippen LogP contribution in [0, 0.1) is 0 Å². The van der Waals surface area contributed by atoms with Crippen LogP contribution in [0.5, 0.6) is 11.5 Å². The molecule has 0 saturated carbocycles. The molecule has 5 rings (SSSR count). The second kappa shape index (κ2) is 13.5. The number of rotatable bonds is 10. The van der Waals surface area contributed by atoms with Crippen molar-refractivity contribution in [2.24, 2.45) is 0 Å². The van der Waals surface area contributed by atoms with Gasteiger partial charge in [0.05, 0.1) is 13.2 Å². The fourth-order valence-electron chi connectivity index (χ4n) is 5.33. The van der Waals surface area contributed by atoms with Crippen molar-refractivity contribution in [1.82, 2.24) is 0 Å². The fourth-order valence-corrected chi connectivity index (χ4v) is 5.87. The van der Waals surface area contributed by atoms with Crippen molar-refractivity contribution < 1.29 is 14.2 Å². The molecule has 0 amide bonds. The summed E-state index contributed by atoms with van der Waals surface area (Å²) in [5, 5.41) is 0. The number of hydrogen-bond acceptors (Lipinski definition) is 3. The van der Waals surface area contributed by atoms with E-state index in [0.717, 1.165) is 63.2 Å². The lowest BCUT2D eigenvalue weighted by molar-refractivity contribution is -0.105. The number of hydrogen-bond donors (Lipinski definition) is 0. The van der Waals surface area contributed by atoms with Crippen LogP contribution in [-0.2, 0) is 11.2 Å². The van der Waals surface area contributed by atoms with Crippen LogP contribution in [0.2, 0.25) is 0 Å². The Morgan fingerprint density at radius 3 is 2.41 bits per heavy atom. The van der Waals surface area contributed by atoms with Crippen molar-refractivity contribution in [1.29, 1.82) is 0 Å². The highest BCUT2D eigenvalue weighted by Crippen LogP contribution is 2.41. The first-order chi connectivity index (χ1) is 18.3. The van der Waals surface area contributed by atoms with E-state index in [1.165, 1.54) is 57.1 Å². The van der Waals surface area contributed by atoms with Crippen LogP contribution in [0.15, 0.2) is 72.8 Å². The molecule has 1 fully saturated rings. The minimum atomic E-state index is -0.124. The highest BCUT2D eigenvalue weighted by atomic mass is 127. The lowest BCUT2D eigenvalue weighted by Crippen LogP contribution is -2.25. The van der Waals surface area contributed by atoms with E-state index in [-0.39, 0.29) is 6.29 Å². The zero-order chi connectivity index (χ0) is 25.3. The van der Waals surface area contributed by atoms with Gasteiger partial charge >= 0.3 is 0 Å². The molecule has 3 aromatic rings. The second-order valence-electron chi connectivity index (χ2n) is 9.93. The van der Waals surface area contributed by atoms with Crippen molar-refractivity contribution >= 4 is 33.7 Å². The molecular weight excluding hydrogens is 571 g/mol. The molecule has 1 heterocycles. The number of aryl methyl sites for hydroxylation is 1. The Labute approximate surface area is 235 Å². The minimum Gasteiger partial charge on any atom is -0.494 e. The number of alkyl halides is 1. The third kappa shape index (κ3) is 6.97. The summed E-state index contributed by atoms with van der Waals surface area (Å²) < 4.78 is 19.3. The molecule has 1 atom stereocenters. The van der Waals surface area contributed by atoms with Crippen molar-refractivity contribution in [3.63, 3.8) is 0 Å². The normalized spacial score (nSPS) is 17.7. The van der Waals surface area contributed by atoms with Crippen molar-refractivity contribution in [3.8, 4) is 11.5 Å². The largest absolute Gasteiger partial charge is 0.494 e. The van der Waals surface area contributed by atoms with Gasteiger partial charge in [-0.2, -0.15) is 0 Å². The third-order valence-electron chi connectivity index (χ3n) is 7.24. The molecule has 0 N–H and O–H groups in total. The summed E-state index contributed by atoms with van der Waals surface area (Å²) in [6, 6.07) is 26.2. The summed E-state index contributed by atoms with van der Waals surface area (Å²) in [5.74, 6) is 1.87. The Bertz CT molecular complexity index is 1160. The number of allylic oxidation sites excluding steroid dienone is 1. The van der Waals surface area contributed by atoms with Gasteiger partial charge in [0, 0.05) is 6.42 Å². The van der Waals surface area contributed by atoms with E-state index in [1.54, 1.807) is 0 Å². The Kier molecular flexibility index (Phi) is 9.58. The SMILES string of the molecule is ICCCCCOc1ccc(C2=C(c3ccccc3)CCCc3cc(OC4CCCCO4)ccc32)cc1. The number of fused-ring (bicyclic) bond motifs is 1. The topological polar surface area (TPSA) is 27.7 Å². The first kappa shape index (κ1) is 26.3. The van der Waals surface area contributed by atoms with E-state index in [9.17, 15) is 0 Å². The average molecular weight is 609 g/mol. The molecule has 0 bridgehead atoms. The molecule has 1 saturated heterocycles. The molecule has 0 spiro atoms. The lowest BCUT2D eigenvalue weighted by atomic mass is 9.88. The molecule has 3 aromatic carbocycles. The Morgan fingerprint density at radius 1 is 0.784 bits per heavy atom. The maximum atomic E-state index is 6.24. The average Bonchev–Trinajstić information content (AvgIpc) is 3.14. The van der Waals surface area contributed by atoms with Crippen molar-refractivity contribution in [2.75, 3.05) is 17.6 Å². The predicted molar refractivity (Wildman–Crippen MR) is 161 cm³/mol. The smallest absolute Gasteiger partial charge is 0.199 e. The molecule has 4 heteroatoms. The van der Waals surface area contributed by atoms with E-state index in [1.807, 2.05) is 0 Å². The van der Waals surface area contributed by atoms with Gasteiger partial charge in [0.2, 0.25) is 0 Å². The maximum Gasteiger partial charge on any atom is 0.199 e. The second-order valence-corrected chi connectivity index (χ2v) is 11.0. The van der Waals surface area contributed by atoms with E-state index in [4.69, 9.17) is 14.2 Å². The molecule has 37 heavy (non-hydrogen) atoms. The van der Waals surface area contributed by atoms with Crippen LogP contribution in [0.25, 0.3) is 11.1 Å². The zero-order valence-electron chi connectivity index (χ0n) is 21.6. The zero-order valence-corrected chi connectivity index (χ0v) is 23.8. The molecule has 3 nitrogen and oxygen atoms in total. The first-order valence-electron chi connectivity index (χ1n) is 13.8. The molecule has 0 radical (unpaired) electrons. The van der Waals surface area contributed by atoms with E-state index in [2.05, 4.69) is 95.4 Å². The van der Waals surface area contributed by atoms with Crippen molar-refractivity contribution in [2.45, 2.75) is 64.1 Å². The molecule has 1 aliphatic carbocycles. The third-order valence-corrected chi connectivity index (χ3v) is 8.00. The van der Waals surface area contributed by atoms with Gasteiger partial charge in [0.1, 0.15) is 11.5 Å². The standard InChI is InChI=1S/C33H37IO3/c34-21-6-2-7-22-35-28-17-15-26(16-18-28)33-30(25-10-3-1-4-11-25)13-9-12-27-24-29(19-20-31(27)33)37-32-14-5-8-23-36-32/h1,3-4,10-11,15-20,24,32H,2,5-9,12-14,21-23H2. The summed E-state index contributed by atoms with van der Waals surface area (Å²) in [5.41, 5.74) is 7.94. The lowest BCUT2D eigenvalue weighted by Gasteiger charge is -2.24. The Balaban J connectivity index is 1.45. The quantitative estimate of drug-likeness (QED) is 0.131. The summed E-state index contributed by atoms with van der Waals surface area (Å²) in [6.45, 7) is 1.57. The monoisotopic (exact) mass is 608 g/mol. The highest BCUT2D eigenvalue weighted by Gasteiger charge is 2.22. The van der Waals surface area contributed by atoms with Crippen LogP contribution < -0.4 is 9.47 Å². The van der Waals surface area contributed by atoms with Crippen LogP contribution in [0.4, 0.5) is 0 Å². The van der Waals surface area contributed by atoms with Gasteiger partial charge in [-0.05, 0) is 113 Å². The fraction of sp³-hybridized carbons (Fsp3) is 0.394. The van der Waals surface area contributed by atoms with Crippen molar-refractivity contribution in [3.05, 3.63) is 95.1 Å². The Hall–Kier alpha value is -2.31. The summed E-state index contributed by atoms with van der Waals surface area (Å²) in [6.07, 6.45) is 9.93. The van der Waals surface area contributed by atoms with Crippen LogP contribution in [0.3, 0.4) is 0 Å². The maximum absolute atomic E-state index is 6.24. The number of ether oxygens (including phenoxy) is 3. The van der Waals surface area contributed by atoms with Gasteiger partial charge in [0.15, 0.2) is 6.29 Å². The number of unbranched alkanes of at least 4 members (excludes halogenated alkanes) is 2. The van der Waals surface area contributed by atoms with Gasteiger partial charge < -0.3 is 14.2 Å². The minimum absolute atomic E-state index is 0.124. The Morgan fingerprint density at radius 2 is 1.62 bits per heavy atom. The molecule has 1 aliphatic heterocycles. The molecular formula is C33H37IO3. The van der Waals surface area contributed by atoms with Crippen LogP contribution in [-0.4, -0.2) is 23.9 Å². The van der Waals surface area contributed by atoms with Crippen LogP contribution >= 0.6 is 22.6 Å². The molecule has 194 valence electrons. The summed E-state index contributed by atoms with van der Waals surface area (Å²) >= 11 is 2.44. The van der Waals surface area contributed by atoms with Crippen LogP contribution in [0.1, 0.15) is 73.6 Å². The van der Waals surface area contributed by atoms with Gasteiger partial charge in [-0.3, -0.25) is 0 Å². The van der Waals surface area contributed by atoms with E-state index < -0.39 is 0 Å². The predicted octanol–water partition coefficient (Wildman–Crippen LogP) is 8.87. The summed E-state index contributed by atoms with van der Waals surface area (Å²) in [7, 11) is 0. The van der Waals surface area contributed by atoms with E-state index in [0.29, 0.717) is 0 Å². The molecule has 1 unspecified atom stereocenters. The number of halogens is 1.